The van der Waals surface area contributed by atoms with Gasteiger partial charge in [0.05, 0.1) is 10.0 Å². The highest BCUT2D eigenvalue weighted by atomic mass is 127. The molecule has 1 fully saturated rings. The molecule has 94 valence electrons. The minimum absolute atomic E-state index is 0.614. The van der Waals surface area contributed by atoms with Gasteiger partial charge in [-0.05, 0) is 59.5 Å². The summed E-state index contributed by atoms with van der Waals surface area (Å²) in [5, 5.41) is 1.54. The van der Waals surface area contributed by atoms with Crippen molar-refractivity contribution in [3.05, 3.63) is 25.7 Å². The van der Waals surface area contributed by atoms with E-state index in [4.69, 9.17) is 23.2 Å². The van der Waals surface area contributed by atoms with Gasteiger partial charge >= 0.3 is 0 Å². The van der Waals surface area contributed by atoms with E-state index < -0.39 is 0 Å². The van der Waals surface area contributed by atoms with E-state index in [1.807, 2.05) is 12.1 Å². The fourth-order valence-electron chi connectivity index (χ4n) is 1.95. The first-order valence-electron chi connectivity index (χ1n) is 5.74. The van der Waals surface area contributed by atoms with Gasteiger partial charge in [-0.15, -0.1) is 0 Å². The lowest BCUT2D eigenvalue weighted by Crippen LogP contribution is -2.25. The molecule has 1 aromatic carbocycles. The molecule has 0 amide bonds. The largest absolute Gasteiger partial charge is 0.257 e. The van der Waals surface area contributed by atoms with Crippen LogP contribution in [0.3, 0.4) is 0 Å². The maximum atomic E-state index is 6.19. The van der Waals surface area contributed by atoms with Gasteiger partial charge in [0.25, 0.3) is 0 Å². The van der Waals surface area contributed by atoms with Crippen LogP contribution in [0, 0.1) is 3.57 Å². The zero-order valence-electron chi connectivity index (χ0n) is 9.31. The Hall–Kier alpha value is 0.840. The van der Waals surface area contributed by atoms with Gasteiger partial charge in [0.1, 0.15) is 0 Å². The first-order valence-corrected chi connectivity index (χ1v) is 8.39. The van der Waals surface area contributed by atoms with Crippen molar-refractivity contribution in [3.8, 4) is 0 Å². The number of hydrogen-bond donors (Lipinski definition) is 1. The first-order chi connectivity index (χ1) is 8.16. The number of rotatable bonds is 3. The fraction of sp³-hybridized carbons (Fsp3) is 0.500. The summed E-state index contributed by atoms with van der Waals surface area (Å²) in [7, 11) is 0. The summed E-state index contributed by atoms with van der Waals surface area (Å²) in [6.45, 7) is 0. The number of hydrogen-bond acceptors (Lipinski definition) is 2. The molecule has 1 aliphatic carbocycles. The molecule has 1 aliphatic rings. The maximum Gasteiger partial charge on any atom is 0.0566 e. The molecule has 2 rings (SSSR count). The van der Waals surface area contributed by atoms with Gasteiger partial charge in [-0.25, -0.2) is 0 Å². The highest BCUT2D eigenvalue weighted by Gasteiger charge is 2.14. The minimum Gasteiger partial charge on any atom is -0.257 e. The molecular formula is C12H14Cl2INS. The Labute approximate surface area is 130 Å². The molecule has 0 spiro atoms. The van der Waals surface area contributed by atoms with E-state index in [2.05, 4.69) is 27.3 Å². The Balaban J connectivity index is 1.96. The fourth-order valence-corrected chi connectivity index (χ4v) is 3.97. The molecule has 0 radical (unpaired) electrons. The van der Waals surface area contributed by atoms with Gasteiger partial charge in [0.2, 0.25) is 0 Å². The summed E-state index contributed by atoms with van der Waals surface area (Å²) in [4.78, 5) is 1.02. The van der Waals surface area contributed by atoms with E-state index in [0.29, 0.717) is 6.04 Å². The van der Waals surface area contributed by atoms with Crippen LogP contribution in [0.25, 0.3) is 0 Å². The van der Waals surface area contributed by atoms with Gasteiger partial charge in [-0.2, -0.15) is 0 Å². The monoisotopic (exact) mass is 401 g/mol. The average molecular weight is 402 g/mol. The molecule has 1 aromatic rings. The lowest BCUT2D eigenvalue weighted by Gasteiger charge is -2.22. The third-order valence-electron chi connectivity index (χ3n) is 2.92. The van der Waals surface area contributed by atoms with Gasteiger partial charge in [0, 0.05) is 14.5 Å². The van der Waals surface area contributed by atoms with E-state index in [-0.39, 0.29) is 0 Å². The zero-order chi connectivity index (χ0) is 12.3. The molecule has 0 atom stereocenters. The summed E-state index contributed by atoms with van der Waals surface area (Å²) in [6, 6.07) is 4.46. The lowest BCUT2D eigenvalue weighted by molar-refractivity contribution is 0.423. The number of halogens is 3. The Morgan fingerprint density at radius 1 is 1.12 bits per heavy atom. The molecule has 0 unspecified atom stereocenters. The second-order valence-electron chi connectivity index (χ2n) is 4.25. The van der Waals surface area contributed by atoms with Gasteiger partial charge in [-0.3, -0.25) is 4.72 Å². The van der Waals surface area contributed by atoms with E-state index in [9.17, 15) is 0 Å². The van der Waals surface area contributed by atoms with Crippen molar-refractivity contribution in [2.24, 2.45) is 0 Å². The topological polar surface area (TPSA) is 12.0 Å². The van der Waals surface area contributed by atoms with E-state index in [1.54, 1.807) is 11.9 Å². The van der Waals surface area contributed by atoms with Crippen LogP contribution in [-0.4, -0.2) is 6.04 Å². The Kier molecular flexibility index (Phi) is 5.74. The summed E-state index contributed by atoms with van der Waals surface area (Å²) in [5.74, 6) is 0. The molecule has 0 heterocycles. The van der Waals surface area contributed by atoms with Crippen LogP contribution in [0.5, 0.6) is 0 Å². The standard InChI is InChI=1S/C12H14Cl2INS/c13-9-7-12(10(14)6-11(9)15)17-16-8-4-2-1-3-5-8/h6-8,16H,1-5H2. The normalized spacial score (nSPS) is 17.4. The van der Waals surface area contributed by atoms with Crippen LogP contribution < -0.4 is 4.72 Å². The van der Waals surface area contributed by atoms with E-state index in [0.717, 1.165) is 18.5 Å². The smallest absolute Gasteiger partial charge is 0.0566 e. The Morgan fingerprint density at radius 3 is 2.53 bits per heavy atom. The molecule has 0 aliphatic heterocycles. The average Bonchev–Trinajstić information content (AvgIpc) is 2.33. The van der Waals surface area contributed by atoms with Crippen LogP contribution in [0.2, 0.25) is 10.0 Å². The van der Waals surface area contributed by atoms with Crippen molar-refractivity contribution >= 4 is 57.7 Å². The summed E-state index contributed by atoms with van der Waals surface area (Å²) >= 11 is 16.1. The molecule has 5 heteroatoms. The van der Waals surface area contributed by atoms with Gasteiger partial charge < -0.3 is 0 Å². The van der Waals surface area contributed by atoms with Gasteiger partial charge in [0.15, 0.2) is 0 Å². The van der Waals surface area contributed by atoms with E-state index in [1.165, 1.54) is 32.1 Å². The first kappa shape index (κ1) is 14.3. The van der Waals surface area contributed by atoms with Crippen LogP contribution >= 0.6 is 57.7 Å². The molecule has 1 saturated carbocycles. The highest BCUT2D eigenvalue weighted by Crippen LogP contribution is 2.32. The van der Waals surface area contributed by atoms with Crippen molar-refractivity contribution in [2.75, 3.05) is 0 Å². The van der Waals surface area contributed by atoms with Gasteiger partial charge in [-0.1, -0.05) is 42.5 Å². The van der Waals surface area contributed by atoms with Crippen LogP contribution in [0.1, 0.15) is 32.1 Å². The zero-order valence-corrected chi connectivity index (χ0v) is 13.8. The molecule has 0 aromatic heterocycles. The molecule has 0 saturated heterocycles. The van der Waals surface area contributed by atoms with Crippen molar-refractivity contribution in [1.29, 1.82) is 0 Å². The summed E-state index contributed by atoms with van der Waals surface area (Å²) in [5.41, 5.74) is 0. The number of nitrogens with one attached hydrogen (secondary N) is 1. The SMILES string of the molecule is Clc1cc(SNC2CCCCC2)c(Cl)cc1I. The van der Waals surface area contributed by atoms with Crippen molar-refractivity contribution in [2.45, 2.75) is 43.0 Å². The molecular weight excluding hydrogens is 388 g/mol. The summed E-state index contributed by atoms with van der Waals surface area (Å²) < 4.78 is 4.49. The Bertz CT molecular complexity index is 394. The Morgan fingerprint density at radius 2 is 1.82 bits per heavy atom. The van der Waals surface area contributed by atoms with Crippen LogP contribution in [-0.2, 0) is 0 Å². The van der Waals surface area contributed by atoms with Crippen LogP contribution in [0.4, 0.5) is 0 Å². The quantitative estimate of drug-likeness (QED) is 0.406. The number of benzene rings is 1. The predicted octanol–water partition coefficient (Wildman–Crippen LogP) is 5.53. The molecule has 0 bridgehead atoms. The maximum absolute atomic E-state index is 6.19. The second kappa shape index (κ2) is 6.85. The molecule has 17 heavy (non-hydrogen) atoms. The highest BCUT2D eigenvalue weighted by molar-refractivity contribution is 14.1. The lowest BCUT2D eigenvalue weighted by atomic mass is 9.96. The van der Waals surface area contributed by atoms with Crippen molar-refractivity contribution in [3.63, 3.8) is 0 Å². The van der Waals surface area contributed by atoms with Crippen molar-refractivity contribution < 1.29 is 0 Å². The predicted molar refractivity (Wildman–Crippen MR) is 85.0 cm³/mol. The van der Waals surface area contributed by atoms with Crippen LogP contribution in [0.15, 0.2) is 17.0 Å². The summed E-state index contributed by atoms with van der Waals surface area (Å²) in [6.07, 6.45) is 6.57. The second-order valence-corrected chi connectivity index (χ2v) is 7.11. The van der Waals surface area contributed by atoms with Crippen molar-refractivity contribution in [1.82, 2.24) is 4.72 Å². The molecule has 1 N–H and O–H groups in total. The third-order valence-corrected chi connectivity index (χ3v) is 5.87. The molecule has 1 nitrogen and oxygen atoms in total. The third kappa shape index (κ3) is 4.16. The minimum atomic E-state index is 0.614. The van der Waals surface area contributed by atoms with E-state index >= 15 is 0 Å².